The predicted octanol–water partition coefficient (Wildman–Crippen LogP) is 2.32. The summed E-state index contributed by atoms with van der Waals surface area (Å²) in [5.41, 5.74) is 2.35. The van der Waals surface area contributed by atoms with Crippen LogP contribution in [0.25, 0.3) is 0 Å². The first-order valence-corrected chi connectivity index (χ1v) is 7.15. The van der Waals surface area contributed by atoms with Crippen LogP contribution < -0.4 is 15.5 Å². The van der Waals surface area contributed by atoms with Crippen LogP contribution in [0, 0.1) is 0 Å². The van der Waals surface area contributed by atoms with E-state index in [1.807, 2.05) is 34.9 Å². The molecule has 20 heavy (non-hydrogen) atoms. The van der Waals surface area contributed by atoms with E-state index in [1.54, 1.807) is 0 Å². The lowest BCUT2D eigenvalue weighted by atomic mass is 10.1. The first kappa shape index (κ1) is 16.5. The van der Waals surface area contributed by atoms with Gasteiger partial charge in [-0.15, -0.1) is 0 Å². The molecule has 0 bridgehead atoms. The summed E-state index contributed by atoms with van der Waals surface area (Å²) >= 11 is 0. The first-order valence-electron chi connectivity index (χ1n) is 7.15. The van der Waals surface area contributed by atoms with E-state index < -0.39 is 0 Å². The van der Waals surface area contributed by atoms with Gasteiger partial charge in [-0.25, -0.2) is 0 Å². The third kappa shape index (κ3) is 4.85. The predicted molar refractivity (Wildman–Crippen MR) is 85.1 cm³/mol. The number of hydrogen-bond donors (Lipinski definition) is 2. The molecule has 0 aliphatic heterocycles. The summed E-state index contributed by atoms with van der Waals surface area (Å²) in [6.07, 6.45) is 0. The lowest BCUT2D eigenvalue weighted by Gasteiger charge is -2.21. The van der Waals surface area contributed by atoms with Gasteiger partial charge >= 0.3 is 0 Å². The van der Waals surface area contributed by atoms with Crippen molar-refractivity contribution in [3.8, 4) is 0 Å². The SMILES string of the molecule is CC(C)NC(=O)C(C)NC(C)c1ccc(N(C)C)cc1. The summed E-state index contributed by atoms with van der Waals surface area (Å²) < 4.78 is 0. The molecule has 0 fully saturated rings. The molecule has 0 heterocycles. The van der Waals surface area contributed by atoms with Crippen molar-refractivity contribution in [1.29, 1.82) is 0 Å². The zero-order valence-corrected chi connectivity index (χ0v) is 13.4. The van der Waals surface area contributed by atoms with Crippen LogP contribution in [0.1, 0.15) is 39.3 Å². The average Bonchev–Trinajstić information content (AvgIpc) is 2.37. The average molecular weight is 277 g/mol. The van der Waals surface area contributed by atoms with Crippen molar-refractivity contribution in [1.82, 2.24) is 10.6 Å². The van der Waals surface area contributed by atoms with Crippen LogP contribution in [-0.2, 0) is 4.79 Å². The van der Waals surface area contributed by atoms with Gasteiger partial charge in [-0.2, -0.15) is 0 Å². The second kappa shape index (κ2) is 7.29. The van der Waals surface area contributed by atoms with E-state index in [-0.39, 0.29) is 24.0 Å². The highest BCUT2D eigenvalue weighted by molar-refractivity contribution is 5.81. The third-order valence-corrected chi connectivity index (χ3v) is 3.23. The molecule has 2 unspecified atom stereocenters. The maximum Gasteiger partial charge on any atom is 0.237 e. The van der Waals surface area contributed by atoms with Gasteiger partial charge in [-0.3, -0.25) is 10.1 Å². The summed E-state index contributed by atoms with van der Waals surface area (Å²) in [5, 5.41) is 6.24. The number of carbonyl (C=O) groups excluding carboxylic acids is 1. The number of nitrogens with one attached hydrogen (secondary N) is 2. The normalized spacial score (nSPS) is 13.9. The summed E-state index contributed by atoms with van der Waals surface area (Å²) in [6, 6.07) is 8.47. The van der Waals surface area contributed by atoms with Gasteiger partial charge in [-0.1, -0.05) is 12.1 Å². The Bertz CT molecular complexity index is 426. The highest BCUT2D eigenvalue weighted by Gasteiger charge is 2.16. The molecule has 0 saturated heterocycles. The molecule has 1 amide bonds. The molecule has 1 aromatic rings. The maximum atomic E-state index is 11.9. The van der Waals surface area contributed by atoms with Gasteiger partial charge < -0.3 is 10.2 Å². The third-order valence-electron chi connectivity index (χ3n) is 3.23. The van der Waals surface area contributed by atoms with Gasteiger partial charge in [-0.05, 0) is 45.4 Å². The number of nitrogens with zero attached hydrogens (tertiary/aromatic N) is 1. The number of rotatable bonds is 6. The van der Waals surface area contributed by atoms with E-state index >= 15 is 0 Å². The molecule has 0 radical (unpaired) electrons. The van der Waals surface area contributed by atoms with Crippen LogP contribution in [0.3, 0.4) is 0 Å². The van der Waals surface area contributed by atoms with Crippen molar-refractivity contribution in [3.05, 3.63) is 29.8 Å². The van der Waals surface area contributed by atoms with Gasteiger partial charge in [0.05, 0.1) is 6.04 Å². The number of benzene rings is 1. The van der Waals surface area contributed by atoms with Crippen molar-refractivity contribution in [2.24, 2.45) is 0 Å². The Kier molecular flexibility index (Phi) is 6.02. The number of amides is 1. The second-order valence-electron chi connectivity index (χ2n) is 5.76. The molecule has 2 atom stereocenters. The van der Waals surface area contributed by atoms with Crippen LogP contribution in [0.2, 0.25) is 0 Å². The Morgan fingerprint density at radius 2 is 1.60 bits per heavy atom. The summed E-state index contributed by atoms with van der Waals surface area (Å²) in [7, 11) is 4.05. The van der Waals surface area contributed by atoms with E-state index in [0.29, 0.717) is 0 Å². The Hall–Kier alpha value is -1.55. The van der Waals surface area contributed by atoms with Gasteiger partial charge in [0.25, 0.3) is 0 Å². The van der Waals surface area contributed by atoms with Crippen LogP contribution in [0.4, 0.5) is 5.69 Å². The Morgan fingerprint density at radius 3 is 2.05 bits per heavy atom. The van der Waals surface area contributed by atoms with E-state index in [9.17, 15) is 4.79 Å². The number of hydrogen-bond acceptors (Lipinski definition) is 3. The minimum absolute atomic E-state index is 0.0387. The van der Waals surface area contributed by atoms with Gasteiger partial charge in [0, 0.05) is 31.9 Å². The minimum atomic E-state index is -0.207. The lowest BCUT2D eigenvalue weighted by Crippen LogP contribution is -2.45. The standard InChI is InChI=1S/C16H27N3O/c1-11(2)17-16(20)13(4)18-12(3)14-7-9-15(10-8-14)19(5)6/h7-13,18H,1-6H3,(H,17,20). The monoisotopic (exact) mass is 277 g/mol. The maximum absolute atomic E-state index is 11.9. The molecule has 1 aromatic carbocycles. The lowest BCUT2D eigenvalue weighted by molar-refractivity contribution is -0.123. The molecule has 0 spiro atoms. The fourth-order valence-electron chi connectivity index (χ4n) is 2.02. The summed E-state index contributed by atoms with van der Waals surface area (Å²) in [6.45, 7) is 7.90. The molecular formula is C16H27N3O. The summed E-state index contributed by atoms with van der Waals surface area (Å²) in [5.74, 6) is 0.0387. The zero-order chi connectivity index (χ0) is 15.3. The Labute approximate surface area is 122 Å². The van der Waals surface area contributed by atoms with Crippen LogP contribution in [-0.4, -0.2) is 32.1 Å². The van der Waals surface area contributed by atoms with Crippen LogP contribution >= 0.6 is 0 Å². The van der Waals surface area contributed by atoms with Gasteiger partial charge in [0.1, 0.15) is 0 Å². The topological polar surface area (TPSA) is 44.4 Å². The molecule has 4 nitrogen and oxygen atoms in total. The Balaban J connectivity index is 2.61. The first-order chi connectivity index (χ1) is 9.31. The highest BCUT2D eigenvalue weighted by Crippen LogP contribution is 2.18. The largest absolute Gasteiger partial charge is 0.378 e. The molecule has 0 aromatic heterocycles. The highest BCUT2D eigenvalue weighted by atomic mass is 16.2. The molecule has 1 rings (SSSR count). The van der Waals surface area contributed by atoms with Crippen molar-refractivity contribution in [2.45, 2.75) is 45.8 Å². The molecule has 4 heteroatoms. The molecule has 0 aliphatic rings. The molecule has 112 valence electrons. The number of anilines is 1. The second-order valence-corrected chi connectivity index (χ2v) is 5.76. The molecular weight excluding hydrogens is 250 g/mol. The molecule has 0 aliphatic carbocycles. The van der Waals surface area contributed by atoms with Gasteiger partial charge in [0.15, 0.2) is 0 Å². The Morgan fingerprint density at radius 1 is 1.05 bits per heavy atom. The fourth-order valence-corrected chi connectivity index (χ4v) is 2.02. The molecule has 2 N–H and O–H groups in total. The van der Waals surface area contributed by atoms with E-state index in [1.165, 1.54) is 11.3 Å². The number of carbonyl (C=O) groups is 1. The summed E-state index contributed by atoms with van der Waals surface area (Å²) in [4.78, 5) is 14.0. The fraction of sp³-hybridized carbons (Fsp3) is 0.562. The minimum Gasteiger partial charge on any atom is -0.378 e. The van der Waals surface area contributed by atoms with Gasteiger partial charge in [0.2, 0.25) is 5.91 Å². The van der Waals surface area contributed by atoms with Crippen molar-refractivity contribution >= 4 is 11.6 Å². The van der Waals surface area contributed by atoms with Crippen molar-refractivity contribution in [3.63, 3.8) is 0 Å². The van der Waals surface area contributed by atoms with E-state index in [2.05, 4.69) is 46.7 Å². The van der Waals surface area contributed by atoms with Crippen LogP contribution in [0.15, 0.2) is 24.3 Å². The van der Waals surface area contributed by atoms with Crippen molar-refractivity contribution < 1.29 is 4.79 Å². The zero-order valence-electron chi connectivity index (χ0n) is 13.4. The van der Waals surface area contributed by atoms with E-state index in [4.69, 9.17) is 0 Å². The molecule has 0 saturated carbocycles. The van der Waals surface area contributed by atoms with E-state index in [0.717, 1.165) is 0 Å². The van der Waals surface area contributed by atoms with Crippen LogP contribution in [0.5, 0.6) is 0 Å². The smallest absolute Gasteiger partial charge is 0.237 e. The quantitative estimate of drug-likeness (QED) is 0.838. The van der Waals surface area contributed by atoms with Crippen molar-refractivity contribution in [2.75, 3.05) is 19.0 Å².